The molecule has 2 atom stereocenters. The van der Waals surface area contributed by atoms with Gasteiger partial charge in [0, 0.05) is 0 Å². The summed E-state index contributed by atoms with van der Waals surface area (Å²) in [5, 5.41) is 2.63. The molecule has 4 nitrogen and oxygen atoms in total. The number of rotatable bonds is 2. The Bertz CT molecular complexity index is 225. The van der Waals surface area contributed by atoms with Gasteiger partial charge in [0.1, 0.15) is 6.04 Å². The molecule has 1 aliphatic heterocycles. The minimum Gasteiger partial charge on any atom is -0.451 e. The molecular weight excluding hydrogens is 170 g/mol. The Hall–Kier alpha value is -1.06. The van der Waals surface area contributed by atoms with E-state index in [-0.39, 0.29) is 11.9 Å². The van der Waals surface area contributed by atoms with Crippen LogP contribution in [0.5, 0.6) is 0 Å². The van der Waals surface area contributed by atoms with Gasteiger partial charge in [0.05, 0.1) is 0 Å². The SMILES string of the molecule is CC(C)C[C@@H]1NC(=O)[C@H](C)OC1=O. The van der Waals surface area contributed by atoms with Crippen molar-refractivity contribution in [3.63, 3.8) is 0 Å². The summed E-state index contributed by atoms with van der Waals surface area (Å²) in [5.41, 5.74) is 0. The summed E-state index contributed by atoms with van der Waals surface area (Å²) in [6.07, 6.45) is -0.00647. The fraction of sp³-hybridized carbons (Fsp3) is 0.778. The summed E-state index contributed by atoms with van der Waals surface area (Å²) in [7, 11) is 0. The van der Waals surface area contributed by atoms with E-state index >= 15 is 0 Å². The second-order valence-electron chi connectivity index (χ2n) is 3.77. The van der Waals surface area contributed by atoms with Crippen LogP contribution in [0.25, 0.3) is 0 Å². The first-order valence-corrected chi connectivity index (χ1v) is 4.51. The van der Waals surface area contributed by atoms with Gasteiger partial charge in [-0.3, -0.25) is 4.79 Å². The molecule has 1 amide bonds. The van der Waals surface area contributed by atoms with Crippen LogP contribution in [0, 0.1) is 5.92 Å². The number of hydrogen-bond acceptors (Lipinski definition) is 3. The van der Waals surface area contributed by atoms with Gasteiger partial charge in [-0.05, 0) is 19.3 Å². The predicted molar refractivity (Wildman–Crippen MR) is 46.9 cm³/mol. The molecule has 1 N–H and O–H groups in total. The number of carbonyl (C=O) groups excluding carboxylic acids is 2. The molecule has 0 aliphatic carbocycles. The van der Waals surface area contributed by atoms with E-state index in [1.165, 1.54) is 0 Å². The summed E-state index contributed by atoms with van der Waals surface area (Å²) in [6.45, 7) is 5.56. The predicted octanol–water partition coefficient (Wildman–Crippen LogP) is 0.463. The topological polar surface area (TPSA) is 55.4 Å². The number of hydrogen-bond donors (Lipinski definition) is 1. The maximum atomic E-state index is 11.2. The van der Waals surface area contributed by atoms with Crippen LogP contribution in [0.2, 0.25) is 0 Å². The number of ether oxygens (including phenoxy) is 1. The lowest BCUT2D eigenvalue weighted by Crippen LogP contribution is -2.53. The van der Waals surface area contributed by atoms with Gasteiger partial charge in [-0.15, -0.1) is 0 Å². The number of amides is 1. The molecule has 1 rings (SSSR count). The molecule has 4 heteroatoms. The minimum absolute atomic E-state index is 0.203. The zero-order valence-electron chi connectivity index (χ0n) is 8.16. The van der Waals surface area contributed by atoms with Gasteiger partial charge >= 0.3 is 5.97 Å². The van der Waals surface area contributed by atoms with E-state index in [0.29, 0.717) is 12.3 Å². The Morgan fingerprint density at radius 1 is 1.46 bits per heavy atom. The summed E-state index contributed by atoms with van der Waals surface area (Å²) in [5.74, 6) is -0.155. The van der Waals surface area contributed by atoms with E-state index in [4.69, 9.17) is 4.74 Å². The Morgan fingerprint density at radius 3 is 2.62 bits per heavy atom. The van der Waals surface area contributed by atoms with Crippen LogP contribution in [-0.2, 0) is 14.3 Å². The van der Waals surface area contributed by atoms with Gasteiger partial charge in [-0.2, -0.15) is 0 Å². The molecule has 0 saturated carbocycles. The third-order valence-corrected chi connectivity index (χ3v) is 1.97. The Kier molecular flexibility index (Phi) is 2.90. The van der Waals surface area contributed by atoms with Crippen molar-refractivity contribution in [3.05, 3.63) is 0 Å². The van der Waals surface area contributed by atoms with E-state index < -0.39 is 12.1 Å². The zero-order valence-corrected chi connectivity index (χ0v) is 8.16. The smallest absolute Gasteiger partial charge is 0.329 e. The monoisotopic (exact) mass is 185 g/mol. The highest BCUT2D eigenvalue weighted by molar-refractivity contribution is 5.92. The number of carbonyl (C=O) groups is 2. The molecule has 1 aliphatic rings. The van der Waals surface area contributed by atoms with Crippen LogP contribution in [0.4, 0.5) is 0 Å². The van der Waals surface area contributed by atoms with Crippen molar-refractivity contribution in [2.45, 2.75) is 39.3 Å². The van der Waals surface area contributed by atoms with E-state index in [0.717, 1.165) is 0 Å². The Balaban J connectivity index is 2.56. The van der Waals surface area contributed by atoms with Gasteiger partial charge < -0.3 is 10.1 Å². The first-order valence-electron chi connectivity index (χ1n) is 4.51. The lowest BCUT2D eigenvalue weighted by atomic mass is 10.0. The molecule has 0 aromatic carbocycles. The van der Waals surface area contributed by atoms with Crippen molar-refractivity contribution in [1.82, 2.24) is 5.32 Å². The molecule has 0 aromatic heterocycles. The fourth-order valence-electron chi connectivity index (χ4n) is 1.28. The fourth-order valence-corrected chi connectivity index (χ4v) is 1.28. The highest BCUT2D eigenvalue weighted by Gasteiger charge is 2.33. The zero-order chi connectivity index (χ0) is 10.0. The maximum Gasteiger partial charge on any atom is 0.329 e. The van der Waals surface area contributed by atoms with Crippen molar-refractivity contribution >= 4 is 11.9 Å². The van der Waals surface area contributed by atoms with Crippen molar-refractivity contribution in [1.29, 1.82) is 0 Å². The maximum absolute atomic E-state index is 11.2. The summed E-state index contributed by atoms with van der Waals surface area (Å²) < 4.78 is 4.86. The lowest BCUT2D eigenvalue weighted by Gasteiger charge is -2.27. The summed E-state index contributed by atoms with van der Waals surface area (Å²) in [6, 6.07) is -0.455. The van der Waals surface area contributed by atoms with Crippen LogP contribution in [-0.4, -0.2) is 24.0 Å². The molecule has 74 valence electrons. The van der Waals surface area contributed by atoms with Gasteiger partial charge in [-0.1, -0.05) is 13.8 Å². The van der Waals surface area contributed by atoms with Crippen LogP contribution < -0.4 is 5.32 Å². The van der Waals surface area contributed by atoms with Crippen LogP contribution >= 0.6 is 0 Å². The number of cyclic esters (lactones) is 1. The summed E-state index contributed by atoms with van der Waals surface area (Å²) >= 11 is 0. The summed E-state index contributed by atoms with van der Waals surface area (Å²) in [4.78, 5) is 22.4. The van der Waals surface area contributed by atoms with E-state index in [9.17, 15) is 9.59 Å². The molecule has 1 saturated heterocycles. The van der Waals surface area contributed by atoms with Gasteiger partial charge in [-0.25, -0.2) is 4.79 Å². The normalized spacial score (nSPS) is 28.6. The van der Waals surface area contributed by atoms with E-state index in [1.54, 1.807) is 6.92 Å². The van der Waals surface area contributed by atoms with E-state index in [1.807, 2.05) is 13.8 Å². The van der Waals surface area contributed by atoms with Gasteiger partial charge in [0.25, 0.3) is 5.91 Å². The average Bonchev–Trinajstić information content (AvgIpc) is 1.99. The van der Waals surface area contributed by atoms with Crippen LogP contribution in [0.15, 0.2) is 0 Å². The molecule has 0 aromatic rings. The highest BCUT2D eigenvalue weighted by atomic mass is 16.6. The third-order valence-electron chi connectivity index (χ3n) is 1.97. The van der Waals surface area contributed by atoms with E-state index in [2.05, 4.69) is 5.32 Å². The second kappa shape index (κ2) is 3.77. The molecule has 0 spiro atoms. The molecule has 0 radical (unpaired) electrons. The first kappa shape index (κ1) is 10.0. The largest absolute Gasteiger partial charge is 0.451 e. The number of nitrogens with one attached hydrogen (secondary N) is 1. The molecular formula is C9H15NO3. The van der Waals surface area contributed by atoms with Crippen molar-refractivity contribution < 1.29 is 14.3 Å². The second-order valence-corrected chi connectivity index (χ2v) is 3.77. The van der Waals surface area contributed by atoms with Gasteiger partial charge in [0.15, 0.2) is 6.10 Å². The number of esters is 1. The molecule has 1 heterocycles. The van der Waals surface area contributed by atoms with Gasteiger partial charge in [0.2, 0.25) is 0 Å². The molecule has 1 fully saturated rings. The Labute approximate surface area is 77.6 Å². The Morgan fingerprint density at radius 2 is 2.08 bits per heavy atom. The highest BCUT2D eigenvalue weighted by Crippen LogP contribution is 2.11. The molecule has 0 unspecified atom stereocenters. The lowest BCUT2D eigenvalue weighted by molar-refractivity contribution is -0.164. The van der Waals surface area contributed by atoms with Crippen molar-refractivity contribution in [2.24, 2.45) is 5.92 Å². The van der Waals surface area contributed by atoms with Crippen molar-refractivity contribution in [3.8, 4) is 0 Å². The third kappa shape index (κ3) is 2.44. The standard InChI is InChI=1S/C9H15NO3/c1-5(2)4-7-9(12)13-6(3)8(11)10-7/h5-7H,4H2,1-3H3,(H,10,11)/t6-,7-/m0/s1. The molecule has 0 bridgehead atoms. The number of morpholine rings is 1. The minimum atomic E-state index is -0.643. The van der Waals surface area contributed by atoms with Crippen LogP contribution in [0.1, 0.15) is 27.2 Å². The quantitative estimate of drug-likeness (QED) is 0.636. The first-order chi connectivity index (χ1) is 6.00. The molecule has 13 heavy (non-hydrogen) atoms. The average molecular weight is 185 g/mol. The van der Waals surface area contributed by atoms with Crippen LogP contribution in [0.3, 0.4) is 0 Å². The van der Waals surface area contributed by atoms with Crippen molar-refractivity contribution in [2.75, 3.05) is 0 Å².